The third-order valence-corrected chi connectivity index (χ3v) is 6.05. The Morgan fingerprint density at radius 2 is 1.41 bits per heavy atom. The standard InChI is InChI=1S/C26H26ClN3O4/c1-33-23-12-5-19(17-24(23)34-2)25(31)28-21-8-10-22(11-9-21)29-13-15-30(16-14-29)26(32)18-3-6-20(27)7-4-18/h3-12,17H,13-16H2,1-2H3,(H,28,31). The first-order valence-corrected chi connectivity index (χ1v) is 11.3. The first-order chi connectivity index (χ1) is 16.5. The fourth-order valence-corrected chi connectivity index (χ4v) is 4.01. The van der Waals surface area contributed by atoms with E-state index in [1.165, 1.54) is 7.11 Å². The van der Waals surface area contributed by atoms with E-state index >= 15 is 0 Å². The Morgan fingerprint density at radius 3 is 2.03 bits per heavy atom. The second-order valence-corrected chi connectivity index (χ2v) is 8.29. The molecule has 0 bridgehead atoms. The van der Waals surface area contributed by atoms with Crippen molar-refractivity contribution in [1.29, 1.82) is 0 Å². The maximum atomic E-state index is 12.7. The van der Waals surface area contributed by atoms with Crippen molar-refractivity contribution in [3.63, 3.8) is 0 Å². The van der Waals surface area contributed by atoms with E-state index in [0.717, 1.165) is 18.8 Å². The van der Waals surface area contributed by atoms with Crippen molar-refractivity contribution in [2.45, 2.75) is 0 Å². The van der Waals surface area contributed by atoms with Crippen LogP contribution in [0.25, 0.3) is 0 Å². The van der Waals surface area contributed by atoms with Gasteiger partial charge >= 0.3 is 0 Å². The van der Waals surface area contributed by atoms with Crippen LogP contribution in [0.4, 0.5) is 11.4 Å². The van der Waals surface area contributed by atoms with Crippen LogP contribution in [0.2, 0.25) is 5.02 Å². The molecular weight excluding hydrogens is 454 g/mol. The molecule has 3 aromatic rings. The number of hydrogen-bond acceptors (Lipinski definition) is 5. The van der Waals surface area contributed by atoms with Crippen molar-refractivity contribution in [1.82, 2.24) is 4.90 Å². The lowest BCUT2D eigenvalue weighted by Gasteiger charge is -2.36. The first kappa shape index (κ1) is 23.4. The lowest BCUT2D eigenvalue weighted by molar-refractivity contribution is 0.0746. The predicted octanol–water partition coefficient (Wildman–Crippen LogP) is 4.57. The minimum atomic E-state index is -0.233. The number of ether oxygens (including phenoxy) is 2. The van der Waals surface area contributed by atoms with E-state index in [4.69, 9.17) is 21.1 Å². The molecule has 1 aliphatic heterocycles. The van der Waals surface area contributed by atoms with E-state index in [0.29, 0.717) is 46.4 Å². The van der Waals surface area contributed by atoms with Gasteiger partial charge in [0.15, 0.2) is 11.5 Å². The highest BCUT2D eigenvalue weighted by Gasteiger charge is 2.22. The Bertz CT molecular complexity index is 1160. The van der Waals surface area contributed by atoms with Crippen molar-refractivity contribution in [2.75, 3.05) is 50.6 Å². The molecule has 3 aromatic carbocycles. The molecule has 0 spiro atoms. The van der Waals surface area contributed by atoms with Crippen molar-refractivity contribution < 1.29 is 19.1 Å². The van der Waals surface area contributed by atoms with E-state index in [-0.39, 0.29) is 11.8 Å². The molecule has 0 saturated carbocycles. The van der Waals surface area contributed by atoms with E-state index in [1.54, 1.807) is 49.6 Å². The summed E-state index contributed by atoms with van der Waals surface area (Å²) in [6.07, 6.45) is 0. The van der Waals surface area contributed by atoms with Gasteiger partial charge in [-0.15, -0.1) is 0 Å². The van der Waals surface area contributed by atoms with Gasteiger partial charge in [0.2, 0.25) is 0 Å². The summed E-state index contributed by atoms with van der Waals surface area (Å²) in [5.41, 5.74) is 2.86. The molecule has 7 nitrogen and oxygen atoms in total. The molecule has 0 unspecified atom stereocenters. The smallest absolute Gasteiger partial charge is 0.255 e. The van der Waals surface area contributed by atoms with Crippen molar-refractivity contribution >= 4 is 34.8 Å². The third kappa shape index (κ3) is 5.26. The Kier molecular flexibility index (Phi) is 7.23. The van der Waals surface area contributed by atoms with Crippen LogP contribution in [-0.4, -0.2) is 57.1 Å². The summed E-state index contributed by atoms with van der Waals surface area (Å²) in [5.74, 6) is 0.852. The maximum Gasteiger partial charge on any atom is 0.255 e. The van der Waals surface area contributed by atoms with Crippen LogP contribution >= 0.6 is 11.6 Å². The quantitative estimate of drug-likeness (QED) is 0.560. The monoisotopic (exact) mass is 479 g/mol. The number of methoxy groups -OCH3 is 2. The molecule has 34 heavy (non-hydrogen) atoms. The second-order valence-electron chi connectivity index (χ2n) is 7.86. The molecule has 1 aliphatic rings. The molecule has 1 heterocycles. The molecule has 1 N–H and O–H groups in total. The molecule has 2 amide bonds. The molecule has 4 rings (SSSR count). The Labute approximate surface area is 203 Å². The van der Waals surface area contributed by atoms with E-state index < -0.39 is 0 Å². The lowest BCUT2D eigenvalue weighted by Crippen LogP contribution is -2.48. The number of carbonyl (C=O) groups is 2. The number of benzene rings is 3. The first-order valence-electron chi connectivity index (χ1n) is 10.9. The van der Waals surface area contributed by atoms with Crippen molar-refractivity contribution in [3.05, 3.63) is 82.9 Å². The van der Waals surface area contributed by atoms with Crippen LogP contribution in [0, 0.1) is 0 Å². The number of hydrogen-bond donors (Lipinski definition) is 1. The lowest BCUT2D eigenvalue weighted by atomic mass is 10.1. The zero-order valence-electron chi connectivity index (χ0n) is 19.1. The summed E-state index contributed by atoms with van der Waals surface area (Å²) in [7, 11) is 3.09. The Hall–Kier alpha value is -3.71. The highest BCUT2D eigenvalue weighted by molar-refractivity contribution is 6.30. The minimum absolute atomic E-state index is 0.0181. The molecule has 176 valence electrons. The maximum absolute atomic E-state index is 12.7. The second kappa shape index (κ2) is 10.5. The van der Waals surface area contributed by atoms with Gasteiger partial charge < -0.3 is 24.6 Å². The molecule has 8 heteroatoms. The zero-order valence-corrected chi connectivity index (χ0v) is 19.8. The Morgan fingerprint density at radius 1 is 0.794 bits per heavy atom. The van der Waals surface area contributed by atoms with Crippen LogP contribution in [0.5, 0.6) is 11.5 Å². The molecular formula is C26H26ClN3O4. The third-order valence-electron chi connectivity index (χ3n) is 5.79. The number of anilines is 2. The summed E-state index contributed by atoms with van der Waals surface area (Å²) >= 11 is 5.92. The summed E-state index contributed by atoms with van der Waals surface area (Å²) in [6.45, 7) is 2.74. The number of halogens is 1. The molecule has 1 fully saturated rings. The minimum Gasteiger partial charge on any atom is -0.493 e. The number of rotatable bonds is 6. The average Bonchev–Trinajstić information content (AvgIpc) is 2.88. The molecule has 1 saturated heterocycles. The summed E-state index contributed by atoms with van der Waals surface area (Å²) in [6, 6.07) is 19.7. The van der Waals surface area contributed by atoms with Crippen LogP contribution in [0.3, 0.4) is 0 Å². The molecule has 0 aliphatic carbocycles. The Balaban J connectivity index is 1.34. The molecule has 0 radical (unpaired) electrons. The molecule has 0 atom stereocenters. The summed E-state index contributed by atoms with van der Waals surface area (Å²) < 4.78 is 10.5. The summed E-state index contributed by atoms with van der Waals surface area (Å²) in [4.78, 5) is 29.4. The zero-order chi connectivity index (χ0) is 24.1. The van der Waals surface area contributed by atoms with Crippen LogP contribution < -0.4 is 19.7 Å². The topological polar surface area (TPSA) is 71.1 Å². The SMILES string of the molecule is COc1ccc(C(=O)Nc2ccc(N3CCN(C(=O)c4ccc(Cl)cc4)CC3)cc2)cc1OC. The van der Waals surface area contributed by atoms with E-state index in [2.05, 4.69) is 10.2 Å². The fraction of sp³-hybridized carbons (Fsp3) is 0.231. The number of piperazine rings is 1. The fourth-order valence-electron chi connectivity index (χ4n) is 3.88. The molecule has 0 aromatic heterocycles. The number of amides is 2. The van der Waals surface area contributed by atoms with Gasteiger partial charge in [-0.25, -0.2) is 0 Å². The van der Waals surface area contributed by atoms with Gasteiger partial charge in [-0.1, -0.05) is 11.6 Å². The van der Waals surface area contributed by atoms with Crippen LogP contribution in [-0.2, 0) is 0 Å². The van der Waals surface area contributed by atoms with Gasteiger partial charge in [-0.2, -0.15) is 0 Å². The van der Waals surface area contributed by atoms with Gasteiger partial charge in [0.05, 0.1) is 14.2 Å². The normalized spacial score (nSPS) is 13.4. The van der Waals surface area contributed by atoms with Crippen molar-refractivity contribution in [2.24, 2.45) is 0 Å². The highest BCUT2D eigenvalue weighted by Crippen LogP contribution is 2.28. The van der Waals surface area contributed by atoms with Crippen LogP contribution in [0.1, 0.15) is 20.7 Å². The largest absolute Gasteiger partial charge is 0.493 e. The van der Waals surface area contributed by atoms with Gasteiger partial charge in [0.1, 0.15) is 0 Å². The van der Waals surface area contributed by atoms with Gasteiger partial charge in [-0.3, -0.25) is 9.59 Å². The number of nitrogens with one attached hydrogen (secondary N) is 1. The van der Waals surface area contributed by atoms with Gasteiger partial charge in [0.25, 0.3) is 11.8 Å². The summed E-state index contributed by atoms with van der Waals surface area (Å²) in [5, 5.41) is 3.52. The van der Waals surface area contributed by atoms with E-state index in [9.17, 15) is 9.59 Å². The van der Waals surface area contributed by atoms with Gasteiger partial charge in [-0.05, 0) is 66.7 Å². The number of carbonyl (C=O) groups excluding carboxylic acids is 2. The predicted molar refractivity (Wildman–Crippen MR) is 134 cm³/mol. The highest BCUT2D eigenvalue weighted by atomic mass is 35.5. The number of nitrogens with zero attached hydrogens (tertiary/aromatic N) is 2. The van der Waals surface area contributed by atoms with E-state index in [1.807, 2.05) is 29.2 Å². The average molecular weight is 480 g/mol. The van der Waals surface area contributed by atoms with Crippen LogP contribution in [0.15, 0.2) is 66.7 Å². The van der Waals surface area contributed by atoms with Crippen molar-refractivity contribution in [3.8, 4) is 11.5 Å². The van der Waals surface area contributed by atoms with Gasteiger partial charge in [0, 0.05) is 53.7 Å².